The summed E-state index contributed by atoms with van der Waals surface area (Å²) in [6.45, 7) is 3.12. The SMILES string of the molecule is Cc1cc(C2=NCc3cc(CC(=O)NCc4csc5ccccc45)ncc32)ccn1. The van der Waals surface area contributed by atoms with E-state index in [0.29, 0.717) is 13.1 Å². The molecule has 1 aliphatic heterocycles. The van der Waals surface area contributed by atoms with Crippen molar-refractivity contribution in [1.29, 1.82) is 0 Å². The van der Waals surface area contributed by atoms with Gasteiger partial charge in [-0.25, -0.2) is 0 Å². The van der Waals surface area contributed by atoms with Gasteiger partial charge in [-0.15, -0.1) is 11.3 Å². The third-order valence-corrected chi connectivity index (χ3v) is 6.27. The van der Waals surface area contributed by atoms with Gasteiger partial charge in [-0.05, 0) is 53.1 Å². The van der Waals surface area contributed by atoms with Crippen LogP contribution in [0.2, 0.25) is 0 Å². The number of carbonyl (C=O) groups is 1. The quantitative estimate of drug-likeness (QED) is 0.534. The highest BCUT2D eigenvalue weighted by molar-refractivity contribution is 7.17. The van der Waals surface area contributed by atoms with Gasteiger partial charge in [0.05, 0.1) is 24.4 Å². The molecule has 1 aliphatic rings. The van der Waals surface area contributed by atoms with Crippen LogP contribution in [-0.2, 0) is 24.3 Å². The lowest BCUT2D eigenvalue weighted by Crippen LogP contribution is -2.24. The van der Waals surface area contributed by atoms with Crippen molar-refractivity contribution in [3.05, 3.63) is 93.9 Å². The summed E-state index contributed by atoms with van der Waals surface area (Å²) in [5.41, 5.74) is 7.03. The van der Waals surface area contributed by atoms with Crippen LogP contribution in [0.5, 0.6) is 0 Å². The lowest BCUT2D eigenvalue weighted by atomic mass is 10.0. The number of pyridine rings is 2. The minimum absolute atomic E-state index is 0.0263. The third kappa shape index (κ3) is 3.62. The number of nitrogens with zero attached hydrogens (tertiary/aromatic N) is 3. The Balaban J connectivity index is 1.26. The average molecular weight is 413 g/mol. The number of benzene rings is 1. The van der Waals surface area contributed by atoms with Crippen LogP contribution in [0.1, 0.15) is 33.6 Å². The summed E-state index contributed by atoms with van der Waals surface area (Å²) >= 11 is 1.70. The predicted octanol–water partition coefficient (Wildman–Crippen LogP) is 4.21. The smallest absolute Gasteiger partial charge is 0.226 e. The van der Waals surface area contributed by atoms with Gasteiger partial charge in [0, 0.05) is 40.5 Å². The molecule has 0 fully saturated rings. The van der Waals surface area contributed by atoms with E-state index in [-0.39, 0.29) is 12.3 Å². The van der Waals surface area contributed by atoms with Gasteiger partial charge in [0.25, 0.3) is 0 Å². The summed E-state index contributed by atoms with van der Waals surface area (Å²) < 4.78 is 1.24. The first-order valence-electron chi connectivity index (χ1n) is 9.85. The summed E-state index contributed by atoms with van der Waals surface area (Å²) in [5, 5.41) is 6.34. The van der Waals surface area contributed by atoms with Gasteiger partial charge in [0.15, 0.2) is 0 Å². The van der Waals surface area contributed by atoms with Gasteiger partial charge in [-0.3, -0.25) is 19.8 Å². The van der Waals surface area contributed by atoms with E-state index in [0.717, 1.165) is 39.4 Å². The van der Waals surface area contributed by atoms with Crippen molar-refractivity contribution < 1.29 is 4.79 Å². The minimum atomic E-state index is -0.0263. The highest BCUT2D eigenvalue weighted by atomic mass is 32.1. The standard InChI is InChI=1S/C24H20N4OS/c1-15-8-16(6-7-25-15)24-21-13-26-19(9-17(21)11-28-24)10-23(29)27-12-18-14-30-22-5-3-2-4-20(18)22/h2-9,13-14H,10-12H2,1H3,(H,27,29). The third-order valence-electron chi connectivity index (χ3n) is 5.26. The van der Waals surface area contributed by atoms with Crippen molar-refractivity contribution in [2.75, 3.05) is 0 Å². The molecule has 4 aromatic rings. The molecule has 0 atom stereocenters. The number of nitrogens with one attached hydrogen (secondary N) is 1. The Morgan fingerprint density at radius 3 is 2.97 bits per heavy atom. The first-order chi connectivity index (χ1) is 14.7. The zero-order valence-corrected chi connectivity index (χ0v) is 17.4. The van der Waals surface area contributed by atoms with Gasteiger partial charge in [-0.1, -0.05) is 18.2 Å². The number of hydrogen-bond acceptors (Lipinski definition) is 5. The molecule has 1 N–H and O–H groups in total. The van der Waals surface area contributed by atoms with E-state index in [4.69, 9.17) is 0 Å². The van der Waals surface area contributed by atoms with Crippen molar-refractivity contribution in [1.82, 2.24) is 15.3 Å². The van der Waals surface area contributed by atoms with Gasteiger partial charge in [-0.2, -0.15) is 0 Å². The molecule has 6 heteroatoms. The summed E-state index contributed by atoms with van der Waals surface area (Å²) in [6.07, 6.45) is 3.90. The number of carbonyl (C=O) groups excluding carboxylic acids is 1. The fraction of sp³-hybridized carbons (Fsp3) is 0.167. The molecule has 0 spiro atoms. The van der Waals surface area contributed by atoms with Crippen LogP contribution < -0.4 is 5.32 Å². The first-order valence-corrected chi connectivity index (χ1v) is 10.7. The van der Waals surface area contributed by atoms with E-state index in [1.807, 2.05) is 43.5 Å². The zero-order chi connectivity index (χ0) is 20.5. The van der Waals surface area contributed by atoms with E-state index in [2.05, 4.69) is 37.8 Å². The molecule has 0 bridgehead atoms. The van der Waals surface area contributed by atoms with Crippen molar-refractivity contribution >= 4 is 33.0 Å². The van der Waals surface area contributed by atoms with Crippen molar-refractivity contribution in [2.24, 2.45) is 4.99 Å². The molecule has 0 saturated heterocycles. The second kappa shape index (κ2) is 7.80. The topological polar surface area (TPSA) is 67.2 Å². The number of hydrogen-bond donors (Lipinski definition) is 1. The first kappa shape index (κ1) is 18.6. The number of fused-ring (bicyclic) bond motifs is 2. The Kier molecular flexibility index (Phi) is 4.85. The number of rotatable bonds is 5. The molecule has 1 amide bonds. The monoisotopic (exact) mass is 412 g/mol. The molecule has 5 nitrogen and oxygen atoms in total. The number of aliphatic imine (C=N–C) groups is 1. The molecule has 0 aliphatic carbocycles. The van der Waals surface area contributed by atoms with Crippen LogP contribution in [0.3, 0.4) is 0 Å². The second-order valence-corrected chi connectivity index (χ2v) is 8.31. The van der Waals surface area contributed by atoms with Gasteiger partial charge in [0.2, 0.25) is 5.91 Å². The second-order valence-electron chi connectivity index (χ2n) is 7.39. The molecule has 148 valence electrons. The van der Waals surface area contributed by atoms with Crippen LogP contribution in [-0.4, -0.2) is 21.6 Å². The average Bonchev–Trinajstić information content (AvgIpc) is 3.36. The Hall–Kier alpha value is -3.38. The Morgan fingerprint density at radius 2 is 2.07 bits per heavy atom. The van der Waals surface area contributed by atoms with Crippen molar-refractivity contribution in [3.8, 4) is 0 Å². The van der Waals surface area contributed by atoms with E-state index in [1.54, 1.807) is 17.5 Å². The molecule has 1 aromatic carbocycles. The summed E-state index contributed by atoms with van der Waals surface area (Å²) in [5.74, 6) is -0.0263. The maximum absolute atomic E-state index is 12.5. The molecule has 30 heavy (non-hydrogen) atoms. The van der Waals surface area contributed by atoms with Crippen LogP contribution in [0, 0.1) is 6.92 Å². The van der Waals surface area contributed by atoms with Crippen molar-refractivity contribution in [2.45, 2.75) is 26.4 Å². The van der Waals surface area contributed by atoms with Crippen LogP contribution in [0.4, 0.5) is 0 Å². The normalized spacial score (nSPS) is 12.6. The lowest BCUT2D eigenvalue weighted by molar-refractivity contribution is -0.120. The largest absolute Gasteiger partial charge is 0.352 e. The highest BCUT2D eigenvalue weighted by Crippen LogP contribution is 2.26. The van der Waals surface area contributed by atoms with E-state index in [9.17, 15) is 4.79 Å². The van der Waals surface area contributed by atoms with Gasteiger partial charge < -0.3 is 5.32 Å². The fourth-order valence-corrected chi connectivity index (χ4v) is 4.73. The van der Waals surface area contributed by atoms with Crippen LogP contribution in [0.25, 0.3) is 10.1 Å². The molecule has 0 radical (unpaired) electrons. The molecular formula is C24H20N4OS. The highest BCUT2D eigenvalue weighted by Gasteiger charge is 2.19. The van der Waals surface area contributed by atoms with Gasteiger partial charge >= 0.3 is 0 Å². The maximum atomic E-state index is 12.5. The predicted molar refractivity (Wildman–Crippen MR) is 120 cm³/mol. The maximum Gasteiger partial charge on any atom is 0.226 e. The molecular weight excluding hydrogens is 392 g/mol. The molecule has 4 heterocycles. The molecule has 0 unspecified atom stereocenters. The Bertz CT molecular complexity index is 1290. The molecule has 5 rings (SSSR count). The molecule has 0 saturated carbocycles. The number of thiophene rings is 1. The molecule has 3 aromatic heterocycles. The van der Waals surface area contributed by atoms with Crippen LogP contribution >= 0.6 is 11.3 Å². The number of aromatic nitrogens is 2. The summed E-state index contributed by atoms with van der Waals surface area (Å²) in [6, 6.07) is 14.3. The van der Waals surface area contributed by atoms with E-state index < -0.39 is 0 Å². The lowest BCUT2D eigenvalue weighted by Gasteiger charge is -2.08. The zero-order valence-electron chi connectivity index (χ0n) is 16.6. The summed E-state index contributed by atoms with van der Waals surface area (Å²) in [7, 11) is 0. The van der Waals surface area contributed by atoms with E-state index in [1.165, 1.54) is 10.1 Å². The number of amides is 1. The van der Waals surface area contributed by atoms with Gasteiger partial charge in [0.1, 0.15) is 0 Å². The van der Waals surface area contributed by atoms with Crippen molar-refractivity contribution in [3.63, 3.8) is 0 Å². The summed E-state index contributed by atoms with van der Waals surface area (Å²) in [4.78, 5) is 25.9. The number of aryl methyl sites for hydroxylation is 1. The van der Waals surface area contributed by atoms with E-state index >= 15 is 0 Å². The Labute approximate surface area is 178 Å². The van der Waals surface area contributed by atoms with Crippen LogP contribution in [0.15, 0.2) is 65.2 Å². The minimum Gasteiger partial charge on any atom is -0.352 e. The fourth-order valence-electron chi connectivity index (χ4n) is 3.77. The Morgan fingerprint density at radius 1 is 1.17 bits per heavy atom.